The number of carbonyl (C=O) groups is 2. The van der Waals surface area contributed by atoms with Gasteiger partial charge in [-0.2, -0.15) is 4.98 Å². The maximum Gasteiger partial charge on any atom is 0.253 e. The molecule has 0 atom stereocenters. The van der Waals surface area contributed by atoms with Crippen molar-refractivity contribution in [3.63, 3.8) is 0 Å². The zero-order valence-corrected chi connectivity index (χ0v) is 18.5. The van der Waals surface area contributed by atoms with Crippen molar-refractivity contribution in [2.45, 2.75) is 12.8 Å². The van der Waals surface area contributed by atoms with Gasteiger partial charge in [-0.1, -0.05) is 18.2 Å². The molecule has 1 aromatic heterocycles. The Balaban J connectivity index is 1.79. The van der Waals surface area contributed by atoms with Crippen molar-refractivity contribution in [2.24, 2.45) is 5.92 Å². The molecule has 10 heteroatoms. The smallest absolute Gasteiger partial charge is 0.253 e. The van der Waals surface area contributed by atoms with E-state index in [2.05, 4.69) is 4.98 Å². The number of methoxy groups -OCH3 is 2. The van der Waals surface area contributed by atoms with Gasteiger partial charge in [-0.15, -0.1) is 0 Å². The van der Waals surface area contributed by atoms with Gasteiger partial charge in [0.05, 0.1) is 20.5 Å². The van der Waals surface area contributed by atoms with E-state index in [-0.39, 0.29) is 23.4 Å². The molecule has 0 unspecified atom stereocenters. The number of rotatable bonds is 6. The molecule has 9 nitrogen and oxygen atoms in total. The van der Waals surface area contributed by atoms with Crippen molar-refractivity contribution in [1.29, 1.82) is 0 Å². The molecule has 1 aromatic carbocycles. The van der Waals surface area contributed by atoms with Crippen LogP contribution < -0.4 is 13.8 Å². The average Bonchev–Trinajstić information content (AvgIpc) is 2.78. The van der Waals surface area contributed by atoms with Crippen LogP contribution in [0.15, 0.2) is 42.5 Å². The Morgan fingerprint density at radius 3 is 2.23 bits per heavy atom. The summed E-state index contributed by atoms with van der Waals surface area (Å²) in [4.78, 5) is 31.6. The third kappa shape index (κ3) is 4.96. The van der Waals surface area contributed by atoms with Gasteiger partial charge >= 0.3 is 0 Å². The number of hydrogen-bond donors (Lipinski definition) is 0. The van der Waals surface area contributed by atoms with E-state index in [1.54, 1.807) is 29.2 Å². The molecule has 0 N–H and O–H groups in total. The highest BCUT2D eigenvalue weighted by atomic mass is 32.2. The van der Waals surface area contributed by atoms with E-state index in [4.69, 9.17) is 9.47 Å². The van der Waals surface area contributed by atoms with E-state index >= 15 is 0 Å². The van der Waals surface area contributed by atoms with Gasteiger partial charge in [-0.05, 0) is 31.0 Å². The first-order valence-corrected chi connectivity index (χ1v) is 11.6. The van der Waals surface area contributed by atoms with Crippen LogP contribution in [0.5, 0.6) is 11.8 Å². The molecule has 1 aliphatic rings. The molecule has 2 heterocycles. The number of likely N-dealkylation sites (tertiary alicyclic amines) is 1. The summed E-state index contributed by atoms with van der Waals surface area (Å²) in [6, 6.07) is 11.8. The van der Waals surface area contributed by atoms with Crippen molar-refractivity contribution in [2.75, 3.05) is 37.9 Å². The maximum absolute atomic E-state index is 13.2. The number of amides is 2. The van der Waals surface area contributed by atoms with Crippen molar-refractivity contribution in [1.82, 2.24) is 9.88 Å². The summed E-state index contributed by atoms with van der Waals surface area (Å²) in [6.45, 7) is 0.722. The first kappa shape index (κ1) is 22.5. The van der Waals surface area contributed by atoms with Crippen molar-refractivity contribution < 1.29 is 27.5 Å². The third-order valence-electron chi connectivity index (χ3n) is 5.12. The second kappa shape index (κ2) is 9.34. The normalized spacial score (nSPS) is 14.7. The van der Waals surface area contributed by atoms with Gasteiger partial charge in [-0.3, -0.25) is 9.59 Å². The van der Waals surface area contributed by atoms with E-state index in [9.17, 15) is 18.0 Å². The van der Waals surface area contributed by atoms with Crippen LogP contribution >= 0.6 is 0 Å². The van der Waals surface area contributed by atoms with Gasteiger partial charge in [0, 0.05) is 30.6 Å². The molecule has 1 saturated heterocycles. The molecule has 1 aliphatic heterocycles. The fourth-order valence-corrected chi connectivity index (χ4v) is 4.53. The molecule has 0 aliphatic carbocycles. The number of nitrogens with zero attached hydrogens (tertiary/aromatic N) is 3. The largest absolute Gasteiger partial charge is 0.481 e. The minimum Gasteiger partial charge on any atom is -0.481 e. The Bertz CT molecular complexity index is 1050. The van der Waals surface area contributed by atoms with E-state index in [1.807, 2.05) is 6.07 Å². The number of hydrogen-bond acceptors (Lipinski definition) is 7. The van der Waals surface area contributed by atoms with Crippen LogP contribution in [0.25, 0.3) is 0 Å². The van der Waals surface area contributed by atoms with Crippen LogP contribution in [0.1, 0.15) is 23.2 Å². The highest BCUT2D eigenvalue weighted by Gasteiger charge is 2.36. The minimum atomic E-state index is -3.95. The van der Waals surface area contributed by atoms with E-state index in [1.165, 1.54) is 26.4 Å². The predicted molar refractivity (Wildman–Crippen MR) is 115 cm³/mol. The molecule has 31 heavy (non-hydrogen) atoms. The molecule has 0 spiro atoms. The van der Waals surface area contributed by atoms with Crippen molar-refractivity contribution in [3.05, 3.63) is 48.0 Å². The third-order valence-corrected chi connectivity index (χ3v) is 6.16. The van der Waals surface area contributed by atoms with E-state index in [0.717, 1.165) is 10.6 Å². The minimum absolute atomic E-state index is 0.0265. The molecule has 1 fully saturated rings. The summed E-state index contributed by atoms with van der Waals surface area (Å²) in [6.07, 6.45) is 1.67. The molecule has 3 rings (SSSR count). The van der Waals surface area contributed by atoms with Gasteiger partial charge in [0.15, 0.2) is 0 Å². The fourth-order valence-electron chi connectivity index (χ4n) is 3.55. The SMILES string of the molecule is COc1ccc(N(C(=O)C2CCN(C(=O)c3ccccc3)CC2)S(C)(=O)=O)c(OC)n1. The molecule has 166 valence electrons. The van der Waals surface area contributed by atoms with Gasteiger partial charge in [0.25, 0.3) is 5.91 Å². The van der Waals surface area contributed by atoms with Crippen LogP contribution in [0, 0.1) is 5.92 Å². The van der Waals surface area contributed by atoms with Crippen LogP contribution in [0.4, 0.5) is 5.69 Å². The summed E-state index contributed by atoms with van der Waals surface area (Å²) in [7, 11) is -1.19. The summed E-state index contributed by atoms with van der Waals surface area (Å²) in [5.41, 5.74) is 0.609. The van der Waals surface area contributed by atoms with Gasteiger partial charge < -0.3 is 14.4 Å². The maximum atomic E-state index is 13.2. The number of piperidine rings is 1. The number of benzene rings is 1. The summed E-state index contributed by atoms with van der Waals surface area (Å²) in [5.74, 6) is -1.03. The summed E-state index contributed by atoms with van der Waals surface area (Å²) in [5, 5.41) is 0. The topological polar surface area (TPSA) is 106 Å². The lowest BCUT2D eigenvalue weighted by Gasteiger charge is -2.33. The zero-order chi connectivity index (χ0) is 22.6. The Kier molecular flexibility index (Phi) is 6.79. The molecule has 0 saturated carbocycles. The average molecular weight is 448 g/mol. The highest BCUT2D eigenvalue weighted by molar-refractivity contribution is 7.92. The first-order valence-electron chi connectivity index (χ1n) is 9.73. The molecule has 2 amide bonds. The second-order valence-corrected chi connectivity index (χ2v) is 9.01. The standard InChI is InChI=1S/C21H25N3O6S/c1-29-18-10-9-17(19(22-18)30-2)24(31(3,27)28)21(26)16-11-13-23(14-12-16)20(25)15-7-5-4-6-8-15/h4-10,16H,11-14H2,1-3H3. The van der Waals surface area contributed by atoms with Crippen LogP contribution in [0.2, 0.25) is 0 Å². The number of sulfonamides is 1. The van der Waals surface area contributed by atoms with Gasteiger partial charge in [0.1, 0.15) is 5.69 Å². The lowest BCUT2D eigenvalue weighted by molar-refractivity contribution is -0.122. The van der Waals surface area contributed by atoms with Crippen LogP contribution in [-0.4, -0.2) is 63.7 Å². The Morgan fingerprint density at radius 2 is 1.68 bits per heavy atom. The highest BCUT2D eigenvalue weighted by Crippen LogP contribution is 2.33. The van der Waals surface area contributed by atoms with Crippen LogP contribution in [0.3, 0.4) is 0 Å². The monoisotopic (exact) mass is 447 g/mol. The Hall–Kier alpha value is -3.14. The predicted octanol–water partition coefficient (Wildman–Crippen LogP) is 1.94. The number of pyridine rings is 1. The quantitative estimate of drug-likeness (QED) is 0.666. The number of carbonyl (C=O) groups excluding carboxylic acids is 2. The summed E-state index contributed by atoms with van der Waals surface area (Å²) >= 11 is 0. The molecule has 0 radical (unpaired) electrons. The van der Waals surface area contributed by atoms with Crippen molar-refractivity contribution in [3.8, 4) is 11.8 Å². The van der Waals surface area contributed by atoms with Crippen LogP contribution in [-0.2, 0) is 14.8 Å². The Morgan fingerprint density at radius 1 is 1.03 bits per heavy atom. The zero-order valence-electron chi connectivity index (χ0n) is 17.6. The molecular formula is C21H25N3O6S. The lowest BCUT2D eigenvalue weighted by Crippen LogP contribution is -2.46. The van der Waals surface area contributed by atoms with Gasteiger partial charge in [0.2, 0.25) is 27.7 Å². The molecule has 2 aromatic rings. The number of anilines is 1. The van der Waals surface area contributed by atoms with Crippen molar-refractivity contribution >= 4 is 27.5 Å². The lowest BCUT2D eigenvalue weighted by atomic mass is 9.95. The molecule has 0 bridgehead atoms. The van der Waals surface area contributed by atoms with Gasteiger partial charge in [-0.25, -0.2) is 12.7 Å². The first-order chi connectivity index (χ1) is 14.8. The molecular weight excluding hydrogens is 422 g/mol. The van der Waals surface area contributed by atoms with E-state index < -0.39 is 21.8 Å². The number of ether oxygens (including phenoxy) is 2. The summed E-state index contributed by atoms with van der Waals surface area (Å²) < 4.78 is 36.0. The number of aromatic nitrogens is 1. The fraction of sp³-hybridized carbons (Fsp3) is 0.381. The second-order valence-electron chi connectivity index (χ2n) is 7.18. The Labute approximate surface area is 181 Å². The van der Waals surface area contributed by atoms with E-state index in [0.29, 0.717) is 31.5 Å².